The standard InChI is InChI=1S/C19H21NO4S/c1-24-18(19(22)23)20(16-10-6-3-7-11-16)17(21)15(13-25)12-14-8-4-2-5-9-14/h2-11,15,18,25H,12-13H2,1H3,(H,22,23). The molecule has 2 unspecified atom stereocenters. The zero-order valence-corrected chi connectivity index (χ0v) is 14.8. The van der Waals surface area contributed by atoms with Crippen molar-refractivity contribution in [3.05, 3.63) is 66.2 Å². The summed E-state index contributed by atoms with van der Waals surface area (Å²) in [5.41, 5.74) is 1.47. The maximum absolute atomic E-state index is 13.1. The van der Waals surface area contributed by atoms with E-state index in [9.17, 15) is 14.7 Å². The fraction of sp³-hybridized carbons (Fsp3) is 0.263. The number of carboxylic acid groups (broad SMARTS) is 1. The molecule has 0 fully saturated rings. The van der Waals surface area contributed by atoms with Crippen molar-refractivity contribution in [3.8, 4) is 0 Å². The number of carbonyl (C=O) groups is 2. The molecular formula is C19H21NO4S. The highest BCUT2D eigenvalue weighted by Gasteiger charge is 2.34. The zero-order valence-electron chi connectivity index (χ0n) is 13.9. The monoisotopic (exact) mass is 359 g/mol. The molecule has 1 amide bonds. The molecule has 2 atom stereocenters. The van der Waals surface area contributed by atoms with Crippen molar-refractivity contribution in [1.82, 2.24) is 0 Å². The number of aliphatic carboxylic acids is 1. The van der Waals surface area contributed by atoms with E-state index in [1.807, 2.05) is 30.3 Å². The van der Waals surface area contributed by atoms with Gasteiger partial charge in [-0.05, 0) is 24.1 Å². The van der Waals surface area contributed by atoms with Crippen molar-refractivity contribution in [1.29, 1.82) is 0 Å². The molecule has 0 bridgehead atoms. The Morgan fingerprint density at radius 1 is 1.08 bits per heavy atom. The number of carboxylic acids is 1. The summed E-state index contributed by atoms with van der Waals surface area (Å²) < 4.78 is 5.07. The fourth-order valence-corrected chi connectivity index (χ4v) is 2.89. The van der Waals surface area contributed by atoms with Gasteiger partial charge in [-0.2, -0.15) is 12.6 Å². The van der Waals surface area contributed by atoms with Crippen molar-refractivity contribution < 1.29 is 19.4 Å². The topological polar surface area (TPSA) is 66.8 Å². The molecular weight excluding hydrogens is 338 g/mol. The van der Waals surface area contributed by atoms with Crippen LogP contribution in [-0.2, 0) is 20.7 Å². The third-order valence-corrected chi connectivity index (χ3v) is 4.28. The van der Waals surface area contributed by atoms with Gasteiger partial charge in [-0.25, -0.2) is 4.79 Å². The molecule has 0 aliphatic heterocycles. The molecule has 25 heavy (non-hydrogen) atoms. The maximum Gasteiger partial charge on any atom is 0.354 e. The molecule has 6 heteroatoms. The van der Waals surface area contributed by atoms with E-state index in [0.29, 0.717) is 17.9 Å². The first-order valence-electron chi connectivity index (χ1n) is 7.87. The van der Waals surface area contributed by atoms with E-state index in [1.54, 1.807) is 30.3 Å². The zero-order chi connectivity index (χ0) is 18.2. The van der Waals surface area contributed by atoms with Gasteiger partial charge in [0.2, 0.25) is 12.1 Å². The van der Waals surface area contributed by atoms with Crippen molar-refractivity contribution >= 4 is 30.2 Å². The van der Waals surface area contributed by atoms with Crippen LogP contribution < -0.4 is 4.90 Å². The summed E-state index contributed by atoms with van der Waals surface area (Å²) in [6.45, 7) is 0. The lowest BCUT2D eigenvalue weighted by molar-refractivity contribution is -0.150. The number of hydrogen-bond donors (Lipinski definition) is 2. The first-order valence-corrected chi connectivity index (χ1v) is 8.50. The van der Waals surface area contributed by atoms with Gasteiger partial charge in [0.15, 0.2) is 0 Å². The van der Waals surface area contributed by atoms with E-state index >= 15 is 0 Å². The highest BCUT2D eigenvalue weighted by atomic mass is 32.1. The molecule has 0 saturated heterocycles. The second-order valence-corrected chi connectivity index (χ2v) is 5.90. The number of benzene rings is 2. The highest BCUT2D eigenvalue weighted by Crippen LogP contribution is 2.23. The molecule has 2 aromatic carbocycles. The number of hydrogen-bond acceptors (Lipinski definition) is 4. The Balaban J connectivity index is 2.34. The van der Waals surface area contributed by atoms with Crippen molar-refractivity contribution in [2.45, 2.75) is 12.6 Å². The van der Waals surface area contributed by atoms with Crippen molar-refractivity contribution in [2.24, 2.45) is 5.92 Å². The summed E-state index contributed by atoms with van der Waals surface area (Å²) in [6, 6.07) is 18.2. The van der Waals surface area contributed by atoms with Gasteiger partial charge in [-0.1, -0.05) is 48.5 Å². The SMILES string of the molecule is COC(C(=O)O)N(C(=O)C(CS)Cc1ccccc1)c1ccccc1. The van der Waals surface area contributed by atoms with Crippen molar-refractivity contribution in [2.75, 3.05) is 17.8 Å². The van der Waals surface area contributed by atoms with Gasteiger partial charge >= 0.3 is 5.97 Å². The van der Waals surface area contributed by atoms with Crippen molar-refractivity contribution in [3.63, 3.8) is 0 Å². The van der Waals surface area contributed by atoms with E-state index in [0.717, 1.165) is 5.56 Å². The minimum atomic E-state index is -1.40. The second kappa shape index (κ2) is 9.25. The fourth-order valence-electron chi connectivity index (χ4n) is 2.61. The maximum atomic E-state index is 13.1. The number of carbonyl (C=O) groups excluding carboxylic acids is 1. The first-order chi connectivity index (χ1) is 12.1. The van der Waals surface area contributed by atoms with Gasteiger partial charge in [0.05, 0.1) is 5.92 Å². The highest BCUT2D eigenvalue weighted by molar-refractivity contribution is 7.80. The number of methoxy groups -OCH3 is 1. The van der Waals surface area contributed by atoms with Crippen LogP contribution in [0.25, 0.3) is 0 Å². The molecule has 132 valence electrons. The number of thiol groups is 1. The minimum Gasteiger partial charge on any atom is -0.478 e. The molecule has 2 rings (SSSR count). The van der Waals surface area contributed by atoms with Crippen LogP contribution in [0.1, 0.15) is 5.56 Å². The van der Waals surface area contributed by atoms with Crippen LogP contribution in [-0.4, -0.2) is 36.1 Å². The molecule has 0 aromatic heterocycles. The Morgan fingerprint density at radius 2 is 1.64 bits per heavy atom. The molecule has 0 aliphatic carbocycles. The Kier molecular flexibility index (Phi) is 7.03. The van der Waals surface area contributed by atoms with Gasteiger partial charge in [0.1, 0.15) is 0 Å². The molecule has 5 nitrogen and oxygen atoms in total. The van der Waals surface area contributed by atoms with Crippen LogP contribution in [0.3, 0.4) is 0 Å². The van der Waals surface area contributed by atoms with Crippen LogP contribution >= 0.6 is 12.6 Å². The average molecular weight is 359 g/mol. The van der Waals surface area contributed by atoms with E-state index < -0.39 is 18.1 Å². The lowest BCUT2D eigenvalue weighted by Gasteiger charge is -2.31. The van der Waals surface area contributed by atoms with Gasteiger partial charge in [0.25, 0.3) is 0 Å². The molecule has 0 radical (unpaired) electrons. The number of nitrogens with zero attached hydrogens (tertiary/aromatic N) is 1. The number of anilines is 1. The first kappa shape index (κ1) is 19.0. The average Bonchev–Trinajstić information content (AvgIpc) is 2.64. The summed E-state index contributed by atoms with van der Waals surface area (Å²) >= 11 is 4.31. The Bertz CT molecular complexity index is 693. The number of ether oxygens (including phenoxy) is 1. The van der Waals surface area contributed by atoms with Gasteiger partial charge < -0.3 is 9.84 Å². The lowest BCUT2D eigenvalue weighted by Crippen LogP contribution is -2.49. The summed E-state index contributed by atoms with van der Waals surface area (Å²) in [7, 11) is 1.27. The summed E-state index contributed by atoms with van der Waals surface area (Å²) in [4.78, 5) is 25.9. The van der Waals surface area contributed by atoms with Crippen LogP contribution in [0.5, 0.6) is 0 Å². The van der Waals surface area contributed by atoms with E-state index in [2.05, 4.69) is 12.6 Å². The van der Waals surface area contributed by atoms with Crippen LogP contribution in [0.4, 0.5) is 5.69 Å². The number of rotatable bonds is 8. The van der Waals surface area contributed by atoms with Gasteiger partial charge in [0, 0.05) is 18.6 Å². The third-order valence-electron chi connectivity index (χ3n) is 3.84. The summed E-state index contributed by atoms with van der Waals surface area (Å²) in [5, 5.41) is 9.46. The van der Waals surface area contributed by atoms with Gasteiger partial charge in [-0.15, -0.1) is 0 Å². The molecule has 0 heterocycles. The summed E-state index contributed by atoms with van der Waals surface area (Å²) in [5.74, 6) is -1.73. The smallest absolute Gasteiger partial charge is 0.354 e. The largest absolute Gasteiger partial charge is 0.478 e. The molecule has 0 saturated carbocycles. The summed E-state index contributed by atoms with van der Waals surface area (Å²) in [6.07, 6.45) is -0.921. The predicted octanol–water partition coefficient (Wildman–Crippen LogP) is 2.87. The van der Waals surface area contributed by atoms with Gasteiger partial charge in [-0.3, -0.25) is 9.69 Å². The van der Waals surface area contributed by atoms with E-state index in [1.165, 1.54) is 12.0 Å². The lowest BCUT2D eigenvalue weighted by atomic mass is 9.99. The predicted molar refractivity (Wildman–Crippen MR) is 99.8 cm³/mol. The normalized spacial score (nSPS) is 13.0. The number of amides is 1. The minimum absolute atomic E-state index is 0.299. The third kappa shape index (κ3) is 4.84. The quantitative estimate of drug-likeness (QED) is 0.562. The van der Waals surface area contributed by atoms with Crippen LogP contribution in [0.15, 0.2) is 60.7 Å². The Hall–Kier alpha value is -2.31. The molecule has 0 aliphatic rings. The second-order valence-electron chi connectivity index (χ2n) is 5.54. The van der Waals surface area contributed by atoms with E-state index in [4.69, 9.17) is 4.74 Å². The van der Waals surface area contributed by atoms with Crippen LogP contribution in [0, 0.1) is 5.92 Å². The molecule has 1 N–H and O–H groups in total. The Labute approximate surface area is 152 Å². The molecule has 2 aromatic rings. The van der Waals surface area contributed by atoms with Crippen LogP contribution in [0.2, 0.25) is 0 Å². The van der Waals surface area contributed by atoms with E-state index in [-0.39, 0.29) is 5.91 Å². The Morgan fingerprint density at radius 3 is 2.12 bits per heavy atom. The number of para-hydroxylation sites is 1. The molecule has 0 spiro atoms.